The van der Waals surface area contributed by atoms with Crippen LogP contribution in [0.15, 0.2) is 60.7 Å². The minimum Gasteiger partial charge on any atom is -0.322 e. The van der Waals surface area contributed by atoms with Gasteiger partial charge in [0.05, 0.1) is 34.8 Å². The molecule has 0 unspecified atom stereocenters. The third-order valence-electron chi connectivity index (χ3n) is 5.57. The summed E-state index contributed by atoms with van der Waals surface area (Å²) in [7, 11) is 0. The summed E-state index contributed by atoms with van der Waals surface area (Å²) in [6.45, 7) is 1.91. The highest BCUT2D eigenvalue weighted by Crippen LogP contribution is 2.40. The van der Waals surface area contributed by atoms with Crippen LogP contribution in [0.1, 0.15) is 46.1 Å². The molecule has 5 rings (SSSR count). The van der Waals surface area contributed by atoms with E-state index in [0.717, 1.165) is 40.9 Å². The van der Waals surface area contributed by atoms with Crippen LogP contribution in [0.2, 0.25) is 0 Å². The van der Waals surface area contributed by atoms with Crippen molar-refractivity contribution in [3.63, 3.8) is 0 Å². The average molecular weight is 407 g/mol. The van der Waals surface area contributed by atoms with Gasteiger partial charge in [0.25, 0.3) is 5.91 Å². The zero-order valence-electron chi connectivity index (χ0n) is 17.2. The van der Waals surface area contributed by atoms with Gasteiger partial charge in [0.15, 0.2) is 5.65 Å². The van der Waals surface area contributed by atoms with Crippen LogP contribution in [0.25, 0.3) is 16.7 Å². The van der Waals surface area contributed by atoms with Gasteiger partial charge in [0.2, 0.25) is 0 Å². The first-order valence-corrected chi connectivity index (χ1v) is 10.4. The maximum atomic E-state index is 13.3. The Balaban J connectivity index is 1.58. The molecule has 1 fully saturated rings. The SMILES string of the molecule is Cc1nn(-c2ccccc2)c2nc(C3CC3)cc(C(=O)Nc3ccc(CC#N)cc3)c12. The Morgan fingerprint density at radius 3 is 2.58 bits per heavy atom. The number of benzene rings is 2. The number of para-hydroxylation sites is 1. The highest BCUT2D eigenvalue weighted by molar-refractivity contribution is 6.12. The van der Waals surface area contributed by atoms with Crippen molar-refractivity contribution in [2.24, 2.45) is 0 Å². The van der Waals surface area contributed by atoms with Gasteiger partial charge in [-0.25, -0.2) is 9.67 Å². The zero-order valence-corrected chi connectivity index (χ0v) is 17.2. The Kier molecular flexibility index (Phi) is 4.72. The van der Waals surface area contributed by atoms with E-state index in [1.807, 2.05) is 72.3 Å². The number of anilines is 1. The number of hydrogen-bond donors (Lipinski definition) is 1. The molecule has 1 N–H and O–H groups in total. The van der Waals surface area contributed by atoms with E-state index in [4.69, 9.17) is 15.3 Å². The van der Waals surface area contributed by atoms with Crippen molar-refractivity contribution in [3.8, 4) is 11.8 Å². The van der Waals surface area contributed by atoms with Crippen LogP contribution in [0, 0.1) is 18.3 Å². The van der Waals surface area contributed by atoms with Crippen LogP contribution in [0.4, 0.5) is 5.69 Å². The minimum atomic E-state index is -0.182. The number of aromatic nitrogens is 3. The molecule has 6 heteroatoms. The number of nitrogens with zero attached hydrogens (tertiary/aromatic N) is 4. The number of nitriles is 1. The average Bonchev–Trinajstić information content (AvgIpc) is 3.59. The lowest BCUT2D eigenvalue weighted by Crippen LogP contribution is -2.14. The molecule has 2 aromatic carbocycles. The number of pyridine rings is 1. The number of fused-ring (bicyclic) bond motifs is 1. The van der Waals surface area contributed by atoms with Crippen LogP contribution < -0.4 is 5.32 Å². The van der Waals surface area contributed by atoms with E-state index in [-0.39, 0.29) is 5.91 Å². The molecule has 0 radical (unpaired) electrons. The molecular weight excluding hydrogens is 386 g/mol. The van der Waals surface area contributed by atoms with Crippen molar-refractivity contribution < 1.29 is 4.79 Å². The van der Waals surface area contributed by atoms with Gasteiger partial charge < -0.3 is 5.32 Å². The number of aryl methyl sites for hydroxylation is 1. The van der Waals surface area contributed by atoms with Crippen molar-refractivity contribution in [1.82, 2.24) is 14.8 Å². The fourth-order valence-corrected chi connectivity index (χ4v) is 3.82. The lowest BCUT2D eigenvalue weighted by Gasteiger charge is -2.10. The number of carbonyl (C=O) groups excluding carboxylic acids is 1. The summed E-state index contributed by atoms with van der Waals surface area (Å²) in [4.78, 5) is 18.2. The van der Waals surface area contributed by atoms with E-state index in [0.29, 0.717) is 29.2 Å². The Morgan fingerprint density at radius 2 is 1.90 bits per heavy atom. The molecule has 0 bridgehead atoms. The van der Waals surface area contributed by atoms with Crippen molar-refractivity contribution in [2.75, 3.05) is 5.32 Å². The first-order valence-electron chi connectivity index (χ1n) is 10.4. The van der Waals surface area contributed by atoms with Gasteiger partial charge in [-0.3, -0.25) is 4.79 Å². The van der Waals surface area contributed by atoms with E-state index < -0.39 is 0 Å². The summed E-state index contributed by atoms with van der Waals surface area (Å²) in [5.74, 6) is 0.221. The van der Waals surface area contributed by atoms with Crippen molar-refractivity contribution >= 4 is 22.6 Å². The van der Waals surface area contributed by atoms with Crippen LogP contribution in [-0.4, -0.2) is 20.7 Å². The highest BCUT2D eigenvalue weighted by atomic mass is 16.1. The van der Waals surface area contributed by atoms with Gasteiger partial charge >= 0.3 is 0 Å². The molecule has 0 aliphatic heterocycles. The predicted molar refractivity (Wildman–Crippen MR) is 119 cm³/mol. The van der Waals surface area contributed by atoms with Crippen LogP contribution >= 0.6 is 0 Å². The minimum absolute atomic E-state index is 0.182. The van der Waals surface area contributed by atoms with Gasteiger partial charge in [0, 0.05) is 17.3 Å². The fourth-order valence-electron chi connectivity index (χ4n) is 3.82. The summed E-state index contributed by atoms with van der Waals surface area (Å²) in [6.07, 6.45) is 2.54. The second-order valence-corrected chi connectivity index (χ2v) is 7.89. The summed E-state index contributed by atoms with van der Waals surface area (Å²) < 4.78 is 1.82. The highest BCUT2D eigenvalue weighted by Gasteiger charge is 2.29. The van der Waals surface area contributed by atoms with E-state index in [2.05, 4.69) is 11.4 Å². The fraction of sp³-hybridized carbons (Fsp3) is 0.200. The van der Waals surface area contributed by atoms with E-state index in [1.165, 1.54) is 0 Å². The smallest absolute Gasteiger partial charge is 0.256 e. The quantitative estimate of drug-likeness (QED) is 0.509. The largest absolute Gasteiger partial charge is 0.322 e. The van der Waals surface area contributed by atoms with Gasteiger partial charge in [-0.2, -0.15) is 10.4 Å². The van der Waals surface area contributed by atoms with Crippen molar-refractivity contribution in [2.45, 2.75) is 32.1 Å². The van der Waals surface area contributed by atoms with Crippen LogP contribution in [0.3, 0.4) is 0 Å². The van der Waals surface area contributed by atoms with Gasteiger partial charge in [-0.15, -0.1) is 0 Å². The molecule has 1 aliphatic carbocycles. The van der Waals surface area contributed by atoms with Gasteiger partial charge in [-0.05, 0) is 55.7 Å². The molecule has 2 heterocycles. The molecule has 6 nitrogen and oxygen atoms in total. The molecular formula is C25H21N5O. The normalized spacial score (nSPS) is 13.2. The van der Waals surface area contributed by atoms with E-state index in [9.17, 15) is 4.79 Å². The summed E-state index contributed by atoms with van der Waals surface area (Å²) in [5.41, 5.74) is 5.54. The Bertz CT molecular complexity index is 1310. The molecule has 1 amide bonds. The van der Waals surface area contributed by atoms with Gasteiger partial charge in [0.1, 0.15) is 0 Å². The lowest BCUT2D eigenvalue weighted by atomic mass is 10.1. The van der Waals surface area contributed by atoms with E-state index in [1.54, 1.807) is 0 Å². The second-order valence-electron chi connectivity index (χ2n) is 7.89. The maximum absolute atomic E-state index is 13.3. The zero-order chi connectivity index (χ0) is 21.4. The first-order chi connectivity index (χ1) is 15.1. The van der Waals surface area contributed by atoms with E-state index >= 15 is 0 Å². The van der Waals surface area contributed by atoms with Gasteiger partial charge in [-0.1, -0.05) is 30.3 Å². The number of carbonyl (C=O) groups is 1. The molecule has 0 spiro atoms. The number of hydrogen-bond acceptors (Lipinski definition) is 4. The summed E-state index contributed by atoms with van der Waals surface area (Å²) in [6, 6.07) is 21.3. The molecule has 2 aromatic heterocycles. The van der Waals surface area contributed by atoms with Crippen molar-refractivity contribution in [3.05, 3.63) is 83.2 Å². The number of rotatable bonds is 5. The number of amides is 1. The molecule has 0 atom stereocenters. The molecule has 152 valence electrons. The van der Waals surface area contributed by atoms with Crippen LogP contribution in [0.5, 0.6) is 0 Å². The van der Waals surface area contributed by atoms with Crippen molar-refractivity contribution in [1.29, 1.82) is 5.26 Å². The number of nitrogens with one attached hydrogen (secondary N) is 1. The molecule has 0 saturated heterocycles. The Morgan fingerprint density at radius 1 is 1.16 bits per heavy atom. The predicted octanol–water partition coefficient (Wildman–Crippen LogP) is 4.92. The standard InChI is InChI=1S/C25H21N5O/c1-16-23-21(25(31)27-19-11-7-17(8-12-19)13-14-26)15-22(18-9-10-18)28-24(23)30(29-16)20-5-3-2-4-6-20/h2-8,11-12,15,18H,9-10,13H2,1H3,(H,27,31). The third-order valence-corrected chi connectivity index (χ3v) is 5.57. The topological polar surface area (TPSA) is 83.6 Å². The molecule has 4 aromatic rings. The molecule has 1 aliphatic rings. The Hall–Kier alpha value is -3.98. The second kappa shape index (κ2) is 7.69. The summed E-state index contributed by atoms with van der Waals surface area (Å²) >= 11 is 0. The monoisotopic (exact) mass is 407 g/mol. The first kappa shape index (κ1) is 19.0. The molecule has 31 heavy (non-hydrogen) atoms. The Labute approximate surface area is 180 Å². The third kappa shape index (κ3) is 3.66. The molecule has 1 saturated carbocycles. The lowest BCUT2D eigenvalue weighted by molar-refractivity contribution is 0.102. The summed E-state index contributed by atoms with van der Waals surface area (Å²) in [5, 5.41) is 17.3. The maximum Gasteiger partial charge on any atom is 0.256 e. The van der Waals surface area contributed by atoms with Crippen LogP contribution in [-0.2, 0) is 6.42 Å².